The van der Waals surface area contributed by atoms with Gasteiger partial charge in [0.1, 0.15) is 5.76 Å². The lowest BCUT2D eigenvalue weighted by atomic mass is 10.4. The van der Waals surface area contributed by atoms with Crippen LogP contribution in [0.5, 0.6) is 0 Å². The third-order valence-corrected chi connectivity index (χ3v) is 1.93. The zero-order valence-corrected chi connectivity index (χ0v) is 9.02. The van der Waals surface area contributed by atoms with E-state index in [0.717, 1.165) is 9.66 Å². The minimum absolute atomic E-state index is 0.427. The van der Waals surface area contributed by atoms with Crippen LogP contribution in [0.3, 0.4) is 0 Å². The molecule has 0 saturated heterocycles. The molecule has 0 atom stereocenters. The van der Waals surface area contributed by atoms with Crippen molar-refractivity contribution in [1.82, 2.24) is 0 Å². The van der Waals surface area contributed by atoms with Crippen LogP contribution in [-0.4, -0.2) is 6.36 Å². The molecule has 0 aliphatic rings. The normalized spacial score (nSPS) is 13.5. The monoisotopic (exact) mass is 304 g/mol. The molecule has 0 N–H and O–H groups in total. The highest BCUT2D eigenvalue weighted by Gasteiger charge is 2.30. The highest BCUT2D eigenvalue weighted by atomic mass is 127. The van der Waals surface area contributed by atoms with Crippen molar-refractivity contribution in [2.75, 3.05) is 0 Å². The van der Waals surface area contributed by atoms with E-state index >= 15 is 0 Å². The summed E-state index contributed by atoms with van der Waals surface area (Å²) in [5, 5.41) is 0. The van der Waals surface area contributed by atoms with Crippen molar-refractivity contribution in [3.05, 3.63) is 34.1 Å². The van der Waals surface area contributed by atoms with E-state index in [-0.39, 0.29) is 0 Å². The van der Waals surface area contributed by atoms with Gasteiger partial charge in [-0.1, -0.05) is 12.7 Å². The van der Waals surface area contributed by atoms with Crippen molar-refractivity contribution in [2.45, 2.75) is 13.3 Å². The molecule has 0 aromatic heterocycles. The van der Waals surface area contributed by atoms with Crippen molar-refractivity contribution < 1.29 is 17.9 Å². The highest BCUT2D eigenvalue weighted by Crippen LogP contribution is 2.20. The van der Waals surface area contributed by atoms with Gasteiger partial charge in [0.05, 0.1) is 0 Å². The summed E-state index contributed by atoms with van der Waals surface area (Å²) in [5.41, 5.74) is 0. The van der Waals surface area contributed by atoms with Crippen LogP contribution in [0, 0.1) is 0 Å². The number of ether oxygens (including phenoxy) is 1. The van der Waals surface area contributed by atoms with Gasteiger partial charge in [-0.25, -0.2) is 0 Å². The zero-order valence-electron chi connectivity index (χ0n) is 6.86. The Kier molecular flexibility index (Phi) is 5.12. The van der Waals surface area contributed by atoms with Crippen molar-refractivity contribution >= 4 is 22.6 Å². The topological polar surface area (TPSA) is 9.23 Å². The SMILES string of the molecule is C=C(/C=C\C(I)=C/C)OC(F)(F)F. The maximum Gasteiger partial charge on any atom is 0.573 e. The van der Waals surface area contributed by atoms with E-state index in [2.05, 4.69) is 11.3 Å². The summed E-state index contributed by atoms with van der Waals surface area (Å²) in [4.78, 5) is 0. The van der Waals surface area contributed by atoms with E-state index in [1.165, 1.54) is 6.08 Å². The van der Waals surface area contributed by atoms with Crippen molar-refractivity contribution in [3.8, 4) is 0 Å². The molecule has 13 heavy (non-hydrogen) atoms. The Morgan fingerprint density at radius 2 is 1.92 bits per heavy atom. The molecule has 0 rings (SSSR count). The number of hydrogen-bond acceptors (Lipinski definition) is 1. The Bertz CT molecular complexity index is 240. The minimum atomic E-state index is -4.66. The summed E-state index contributed by atoms with van der Waals surface area (Å²) >= 11 is 1.97. The van der Waals surface area contributed by atoms with Gasteiger partial charge in [-0.15, -0.1) is 13.2 Å². The van der Waals surface area contributed by atoms with E-state index in [9.17, 15) is 13.2 Å². The first-order valence-electron chi connectivity index (χ1n) is 3.29. The molecule has 0 aliphatic carbocycles. The van der Waals surface area contributed by atoms with Crippen LogP contribution >= 0.6 is 22.6 Å². The van der Waals surface area contributed by atoms with Crippen molar-refractivity contribution in [3.63, 3.8) is 0 Å². The average Bonchev–Trinajstić information content (AvgIpc) is 1.97. The second-order valence-electron chi connectivity index (χ2n) is 2.02. The van der Waals surface area contributed by atoms with Crippen LogP contribution in [0.1, 0.15) is 6.92 Å². The standard InChI is InChI=1S/C8H8F3IO/c1-3-7(12)5-4-6(2)13-8(9,10)11/h3-5H,2H2,1H3/b5-4-,7-3+. The summed E-state index contributed by atoms with van der Waals surface area (Å²) in [7, 11) is 0. The quantitative estimate of drug-likeness (QED) is 0.436. The molecule has 0 radical (unpaired) electrons. The zero-order chi connectivity index (χ0) is 10.5. The number of rotatable bonds is 3. The van der Waals surface area contributed by atoms with Crippen LogP contribution in [0.15, 0.2) is 34.1 Å². The maximum absolute atomic E-state index is 11.6. The Balaban J connectivity index is 4.10. The molecule has 0 aromatic carbocycles. The molecule has 0 heterocycles. The summed E-state index contributed by atoms with van der Waals surface area (Å²) in [6.45, 7) is 4.86. The van der Waals surface area contributed by atoms with Crippen LogP contribution < -0.4 is 0 Å². The van der Waals surface area contributed by atoms with E-state index in [4.69, 9.17) is 0 Å². The maximum atomic E-state index is 11.6. The lowest BCUT2D eigenvalue weighted by molar-refractivity contribution is -0.303. The van der Waals surface area contributed by atoms with Gasteiger partial charge in [0.2, 0.25) is 0 Å². The molecule has 0 bridgehead atoms. The Labute approximate surface area is 88.1 Å². The third kappa shape index (κ3) is 7.89. The first kappa shape index (κ1) is 12.5. The summed E-state index contributed by atoms with van der Waals surface area (Å²) in [6.07, 6.45) is -0.273. The fourth-order valence-electron chi connectivity index (χ4n) is 0.451. The Morgan fingerprint density at radius 3 is 2.31 bits per heavy atom. The van der Waals surface area contributed by atoms with Gasteiger partial charge < -0.3 is 4.74 Å². The fraction of sp³-hybridized carbons (Fsp3) is 0.250. The van der Waals surface area contributed by atoms with E-state index < -0.39 is 12.1 Å². The second-order valence-corrected chi connectivity index (χ2v) is 3.27. The number of halogens is 4. The Morgan fingerprint density at radius 1 is 1.38 bits per heavy atom. The van der Waals surface area contributed by atoms with E-state index in [1.807, 2.05) is 22.6 Å². The highest BCUT2D eigenvalue weighted by molar-refractivity contribution is 14.1. The molecule has 74 valence electrons. The summed E-state index contributed by atoms with van der Waals surface area (Å²) in [5.74, 6) is -0.427. The average molecular weight is 304 g/mol. The molecule has 0 saturated carbocycles. The molecular formula is C8H8F3IO. The molecule has 1 nitrogen and oxygen atoms in total. The Hall–Kier alpha value is -0.460. The molecule has 0 fully saturated rings. The number of alkyl halides is 3. The third-order valence-electron chi connectivity index (χ3n) is 0.951. The smallest absolute Gasteiger partial charge is 0.406 e. The van der Waals surface area contributed by atoms with Crippen molar-refractivity contribution in [1.29, 1.82) is 0 Å². The van der Waals surface area contributed by atoms with Crippen LogP contribution in [0.2, 0.25) is 0 Å². The lowest BCUT2D eigenvalue weighted by Crippen LogP contribution is -2.11. The van der Waals surface area contributed by atoms with Gasteiger partial charge in [0.15, 0.2) is 0 Å². The van der Waals surface area contributed by atoms with Gasteiger partial charge in [-0.05, 0) is 41.7 Å². The van der Waals surface area contributed by atoms with Gasteiger partial charge in [0, 0.05) is 3.58 Å². The first-order valence-corrected chi connectivity index (χ1v) is 4.37. The van der Waals surface area contributed by atoms with Gasteiger partial charge in [-0.2, -0.15) is 0 Å². The fourth-order valence-corrected chi connectivity index (χ4v) is 0.631. The van der Waals surface area contributed by atoms with Crippen LogP contribution in [-0.2, 0) is 4.74 Å². The predicted octanol–water partition coefficient (Wildman–Crippen LogP) is 3.93. The van der Waals surface area contributed by atoms with Gasteiger partial charge in [0.25, 0.3) is 0 Å². The van der Waals surface area contributed by atoms with Crippen LogP contribution in [0.4, 0.5) is 13.2 Å². The second kappa shape index (κ2) is 5.31. The largest absolute Gasteiger partial charge is 0.573 e. The van der Waals surface area contributed by atoms with Gasteiger partial charge >= 0.3 is 6.36 Å². The van der Waals surface area contributed by atoms with Crippen LogP contribution in [0.25, 0.3) is 0 Å². The minimum Gasteiger partial charge on any atom is -0.406 e. The molecule has 0 aromatic rings. The van der Waals surface area contributed by atoms with Gasteiger partial charge in [-0.3, -0.25) is 0 Å². The number of hydrogen-bond donors (Lipinski definition) is 0. The lowest BCUT2D eigenvalue weighted by Gasteiger charge is -2.07. The van der Waals surface area contributed by atoms with E-state index in [1.54, 1.807) is 13.0 Å². The molecule has 0 unspecified atom stereocenters. The van der Waals surface area contributed by atoms with E-state index in [0.29, 0.717) is 0 Å². The molecule has 0 amide bonds. The summed E-state index contributed by atoms with van der Waals surface area (Å²) in [6, 6.07) is 0. The molecule has 0 aliphatic heterocycles. The van der Waals surface area contributed by atoms with Crippen molar-refractivity contribution in [2.24, 2.45) is 0 Å². The molecule has 5 heteroatoms. The first-order chi connectivity index (χ1) is 5.85. The predicted molar refractivity (Wildman–Crippen MR) is 53.2 cm³/mol. The molecule has 0 spiro atoms. The summed E-state index contributed by atoms with van der Waals surface area (Å²) < 4.78 is 39.1. The number of allylic oxidation sites excluding steroid dienone is 4. The molecular weight excluding hydrogens is 296 g/mol.